The van der Waals surface area contributed by atoms with Crippen LogP contribution >= 0.6 is 0 Å². The molecule has 0 aromatic carbocycles. The number of nitrogens with two attached hydrogens (primary N) is 1. The molecule has 82 valence electrons. The molecule has 0 bridgehead atoms. The van der Waals surface area contributed by atoms with Crippen LogP contribution in [-0.2, 0) is 4.74 Å². The normalized spacial score (nSPS) is 31.1. The fourth-order valence-corrected chi connectivity index (χ4v) is 2.49. The van der Waals surface area contributed by atoms with Crippen LogP contribution in [0.15, 0.2) is 0 Å². The first-order valence-electron chi connectivity index (χ1n) is 5.68. The molecule has 1 saturated heterocycles. The molecular formula is C11H21NO2. The second kappa shape index (κ2) is 3.80. The maximum absolute atomic E-state index is 10.3. The van der Waals surface area contributed by atoms with E-state index in [1.165, 1.54) is 0 Å². The first-order valence-corrected chi connectivity index (χ1v) is 5.68. The zero-order valence-electron chi connectivity index (χ0n) is 8.91. The molecule has 14 heavy (non-hydrogen) atoms. The van der Waals surface area contributed by atoms with Crippen LogP contribution in [0.25, 0.3) is 0 Å². The maximum atomic E-state index is 10.3. The van der Waals surface area contributed by atoms with Crippen molar-refractivity contribution in [3.8, 4) is 0 Å². The van der Waals surface area contributed by atoms with Crippen LogP contribution in [-0.4, -0.2) is 30.0 Å². The lowest BCUT2D eigenvalue weighted by atomic mass is 9.79. The molecule has 2 rings (SSSR count). The summed E-state index contributed by atoms with van der Waals surface area (Å²) in [4.78, 5) is 0. The molecule has 1 aliphatic heterocycles. The van der Waals surface area contributed by atoms with Crippen molar-refractivity contribution in [3.63, 3.8) is 0 Å². The van der Waals surface area contributed by atoms with Gasteiger partial charge in [-0.1, -0.05) is 0 Å². The van der Waals surface area contributed by atoms with E-state index in [1.54, 1.807) is 0 Å². The summed E-state index contributed by atoms with van der Waals surface area (Å²) >= 11 is 0. The van der Waals surface area contributed by atoms with Crippen LogP contribution in [0.4, 0.5) is 0 Å². The number of hydrogen-bond donors (Lipinski definition) is 2. The predicted octanol–water partition coefficient (Wildman–Crippen LogP) is 0.901. The van der Waals surface area contributed by atoms with Gasteiger partial charge in [0, 0.05) is 19.3 Å². The standard InChI is InChI=1S/C11H21NO2/c1-11(13,9-2-3-9)10(12)8-4-6-14-7-5-8/h8-10,13H,2-7,12H2,1H3. The Morgan fingerprint density at radius 3 is 2.36 bits per heavy atom. The Kier molecular flexibility index (Phi) is 2.82. The highest BCUT2D eigenvalue weighted by Crippen LogP contribution is 2.43. The van der Waals surface area contributed by atoms with Gasteiger partial charge in [-0.15, -0.1) is 0 Å². The van der Waals surface area contributed by atoms with E-state index in [0.717, 1.165) is 38.9 Å². The van der Waals surface area contributed by atoms with Gasteiger partial charge in [0.2, 0.25) is 0 Å². The molecule has 2 fully saturated rings. The predicted molar refractivity (Wildman–Crippen MR) is 54.9 cm³/mol. The highest BCUT2D eigenvalue weighted by Gasteiger charge is 2.46. The van der Waals surface area contributed by atoms with Gasteiger partial charge >= 0.3 is 0 Å². The molecule has 1 saturated carbocycles. The van der Waals surface area contributed by atoms with E-state index in [-0.39, 0.29) is 6.04 Å². The molecule has 1 aliphatic carbocycles. The van der Waals surface area contributed by atoms with Crippen molar-refractivity contribution in [2.75, 3.05) is 13.2 Å². The molecule has 3 N–H and O–H groups in total. The van der Waals surface area contributed by atoms with Crippen molar-refractivity contribution in [2.45, 2.75) is 44.2 Å². The van der Waals surface area contributed by atoms with Crippen LogP contribution in [0.3, 0.4) is 0 Å². The Balaban J connectivity index is 1.94. The second-order valence-corrected chi connectivity index (χ2v) is 4.98. The van der Waals surface area contributed by atoms with Gasteiger partial charge in [-0.3, -0.25) is 0 Å². The second-order valence-electron chi connectivity index (χ2n) is 4.98. The lowest BCUT2D eigenvalue weighted by Crippen LogP contribution is -2.53. The van der Waals surface area contributed by atoms with Crippen LogP contribution in [0.5, 0.6) is 0 Å². The van der Waals surface area contributed by atoms with Crippen molar-refractivity contribution >= 4 is 0 Å². The Labute approximate surface area is 85.6 Å². The molecule has 0 aromatic heterocycles. The minimum Gasteiger partial charge on any atom is -0.388 e. The van der Waals surface area contributed by atoms with Gasteiger partial charge in [0.15, 0.2) is 0 Å². The molecule has 0 spiro atoms. The third-order valence-corrected chi connectivity index (χ3v) is 3.85. The SMILES string of the molecule is CC(O)(C1CC1)C(N)C1CCOCC1. The zero-order valence-corrected chi connectivity index (χ0v) is 8.91. The lowest BCUT2D eigenvalue weighted by Gasteiger charge is -2.37. The fraction of sp³-hybridized carbons (Fsp3) is 1.00. The number of ether oxygens (including phenoxy) is 1. The molecule has 2 aliphatic rings. The van der Waals surface area contributed by atoms with Gasteiger partial charge in [-0.05, 0) is 44.4 Å². The summed E-state index contributed by atoms with van der Waals surface area (Å²) in [5, 5.41) is 10.3. The summed E-state index contributed by atoms with van der Waals surface area (Å²) in [7, 11) is 0. The minimum absolute atomic E-state index is 0.0705. The molecule has 0 aromatic rings. The molecule has 0 radical (unpaired) electrons. The highest BCUT2D eigenvalue weighted by molar-refractivity contribution is 5.00. The van der Waals surface area contributed by atoms with E-state index >= 15 is 0 Å². The van der Waals surface area contributed by atoms with Gasteiger partial charge in [-0.25, -0.2) is 0 Å². The van der Waals surface area contributed by atoms with Crippen LogP contribution in [0.2, 0.25) is 0 Å². The summed E-state index contributed by atoms with van der Waals surface area (Å²) < 4.78 is 5.30. The van der Waals surface area contributed by atoms with Crippen LogP contribution < -0.4 is 5.73 Å². The molecule has 3 heteroatoms. The van der Waals surface area contributed by atoms with Crippen molar-refractivity contribution in [1.82, 2.24) is 0 Å². The summed E-state index contributed by atoms with van der Waals surface area (Å²) in [6.07, 6.45) is 4.29. The van der Waals surface area contributed by atoms with E-state index < -0.39 is 5.60 Å². The number of aliphatic hydroxyl groups is 1. The van der Waals surface area contributed by atoms with Crippen molar-refractivity contribution in [1.29, 1.82) is 0 Å². The van der Waals surface area contributed by atoms with E-state index in [0.29, 0.717) is 11.8 Å². The van der Waals surface area contributed by atoms with Crippen molar-refractivity contribution in [3.05, 3.63) is 0 Å². The van der Waals surface area contributed by atoms with E-state index in [1.807, 2.05) is 6.92 Å². The number of rotatable bonds is 3. The minimum atomic E-state index is -0.651. The molecule has 0 amide bonds. The van der Waals surface area contributed by atoms with Gasteiger partial charge in [-0.2, -0.15) is 0 Å². The first kappa shape index (κ1) is 10.4. The Morgan fingerprint density at radius 2 is 1.86 bits per heavy atom. The van der Waals surface area contributed by atoms with E-state index in [2.05, 4.69) is 0 Å². The molecule has 3 nitrogen and oxygen atoms in total. The van der Waals surface area contributed by atoms with Crippen LogP contribution in [0, 0.1) is 11.8 Å². The topological polar surface area (TPSA) is 55.5 Å². The molecule has 1 heterocycles. The Hall–Kier alpha value is -0.120. The molecule has 2 atom stereocenters. The van der Waals surface area contributed by atoms with E-state index in [4.69, 9.17) is 10.5 Å². The molecular weight excluding hydrogens is 178 g/mol. The number of hydrogen-bond acceptors (Lipinski definition) is 3. The van der Waals surface area contributed by atoms with Gasteiger partial charge < -0.3 is 15.6 Å². The summed E-state index contributed by atoms with van der Waals surface area (Å²) in [6.45, 7) is 3.52. The summed E-state index contributed by atoms with van der Waals surface area (Å²) in [5.74, 6) is 0.889. The molecule has 2 unspecified atom stereocenters. The highest BCUT2D eigenvalue weighted by atomic mass is 16.5. The Morgan fingerprint density at radius 1 is 1.29 bits per heavy atom. The van der Waals surface area contributed by atoms with Crippen molar-refractivity contribution < 1.29 is 9.84 Å². The van der Waals surface area contributed by atoms with Crippen molar-refractivity contribution in [2.24, 2.45) is 17.6 Å². The average molecular weight is 199 g/mol. The average Bonchev–Trinajstić information content (AvgIpc) is 3.01. The third-order valence-electron chi connectivity index (χ3n) is 3.85. The van der Waals surface area contributed by atoms with Gasteiger partial charge in [0.25, 0.3) is 0 Å². The monoisotopic (exact) mass is 199 g/mol. The van der Waals surface area contributed by atoms with Crippen LogP contribution in [0.1, 0.15) is 32.6 Å². The fourth-order valence-electron chi connectivity index (χ4n) is 2.49. The van der Waals surface area contributed by atoms with E-state index in [9.17, 15) is 5.11 Å². The van der Waals surface area contributed by atoms with Gasteiger partial charge in [0.1, 0.15) is 0 Å². The zero-order chi connectivity index (χ0) is 10.2. The smallest absolute Gasteiger partial charge is 0.0800 e. The summed E-state index contributed by atoms with van der Waals surface area (Å²) in [6, 6.07) is -0.0705. The van der Waals surface area contributed by atoms with Gasteiger partial charge in [0.05, 0.1) is 5.60 Å². The maximum Gasteiger partial charge on any atom is 0.0800 e. The third kappa shape index (κ3) is 1.95. The largest absolute Gasteiger partial charge is 0.388 e. The summed E-state index contributed by atoms with van der Waals surface area (Å²) in [5.41, 5.74) is 5.51. The Bertz CT molecular complexity index is 195. The lowest BCUT2D eigenvalue weighted by molar-refractivity contribution is -0.0328. The quantitative estimate of drug-likeness (QED) is 0.710. The first-order chi connectivity index (χ1) is 6.62.